The highest BCUT2D eigenvalue weighted by atomic mass is 16.2. The van der Waals surface area contributed by atoms with Gasteiger partial charge in [0.25, 0.3) is 0 Å². The highest BCUT2D eigenvalue weighted by Crippen LogP contribution is 2.28. The Morgan fingerprint density at radius 1 is 1.32 bits per heavy atom. The third-order valence-electron chi connectivity index (χ3n) is 4.11. The fraction of sp³-hybridized carbons (Fsp3) is 0.562. The van der Waals surface area contributed by atoms with Crippen LogP contribution in [0.15, 0.2) is 18.2 Å². The molecule has 0 saturated heterocycles. The minimum absolute atomic E-state index is 0.0921. The van der Waals surface area contributed by atoms with E-state index >= 15 is 0 Å². The Kier molecular flexibility index (Phi) is 4.25. The van der Waals surface area contributed by atoms with E-state index in [-0.39, 0.29) is 17.9 Å². The van der Waals surface area contributed by atoms with Crippen molar-refractivity contribution in [1.29, 1.82) is 0 Å². The average molecular weight is 260 g/mol. The van der Waals surface area contributed by atoms with Crippen molar-refractivity contribution in [2.24, 2.45) is 11.7 Å². The third-order valence-corrected chi connectivity index (χ3v) is 4.11. The van der Waals surface area contributed by atoms with Gasteiger partial charge in [0.1, 0.15) is 0 Å². The van der Waals surface area contributed by atoms with Gasteiger partial charge < -0.3 is 10.6 Å². The molecule has 19 heavy (non-hydrogen) atoms. The maximum atomic E-state index is 12.6. The predicted molar refractivity (Wildman–Crippen MR) is 79.3 cm³/mol. The fourth-order valence-corrected chi connectivity index (χ4v) is 3.03. The Morgan fingerprint density at radius 2 is 2.05 bits per heavy atom. The summed E-state index contributed by atoms with van der Waals surface area (Å²) < 4.78 is 0. The first kappa shape index (κ1) is 14.1. The van der Waals surface area contributed by atoms with Gasteiger partial charge in [-0.1, -0.05) is 24.1 Å². The van der Waals surface area contributed by atoms with Gasteiger partial charge in [-0.05, 0) is 44.7 Å². The van der Waals surface area contributed by atoms with E-state index in [0.29, 0.717) is 0 Å². The lowest BCUT2D eigenvalue weighted by atomic mass is 9.85. The van der Waals surface area contributed by atoms with Gasteiger partial charge in [-0.3, -0.25) is 4.79 Å². The molecular weight excluding hydrogens is 236 g/mol. The van der Waals surface area contributed by atoms with Crippen molar-refractivity contribution in [3.05, 3.63) is 29.3 Å². The van der Waals surface area contributed by atoms with Crippen LogP contribution in [-0.2, 0) is 4.79 Å². The Morgan fingerprint density at radius 3 is 2.68 bits per heavy atom. The summed E-state index contributed by atoms with van der Waals surface area (Å²) in [5.74, 6) is 0.302. The second-order valence-corrected chi connectivity index (χ2v) is 5.81. The van der Waals surface area contributed by atoms with Crippen molar-refractivity contribution in [2.75, 3.05) is 11.9 Å². The number of anilines is 1. The first-order valence-corrected chi connectivity index (χ1v) is 7.09. The molecule has 1 aliphatic rings. The van der Waals surface area contributed by atoms with Crippen LogP contribution in [0.1, 0.15) is 36.8 Å². The summed E-state index contributed by atoms with van der Waals surface area (Å²) in [5, 5.41) is 0. The van der Waals surface area contributed by atoms with Crippen molar-refractivity contribution in [3.63, 3.8) is 0 Å². The lowest BCUT2D eigenvalue weighted by molar-refractivity contribution is -0.123. The number of rotatable bonds is 2. The van der Waals surface area contributed by atoms with E-state index in [2.05, 4.69) is 26.0 Å². The van der Waals surface area contributed by atoms with Gasteiger partial charge in [0.05, 0.1) is 0 Å². The van der Waals surface area contributed by atoms with Crippen LogP contribution < -0.4 is 10.6 Å². The van der Waals surface area contributed by atoms with Gasteiger partial charge in [0.2, 0.25) is 5.91 Å². The van der Waals surface area contributed by atoms with Crippen LogP contribution in [0, 0.1) is 19.8 Å². The molecule has 1 aromatic carbocycles. The quantitative estimate of drug-likeness (QED) is 0.888. The van der Waals surface area contributed by atoms with Gasteiger partial charge >= 0.3 is 0 Å². The molecule has 0 radical (unpaired) electrons. The predicted octanol–water partition coefficient (Wildman–Crippen LogP) is 2.78. The van der Waals surface area contributed by atoms with E-state index in [1.807, 2.05) is 13.1 Å². The number of benzene rings is 1. The van der Waals surface area contributed by atoms with Crippen LogP contribution >= 0.6 is 0 Å². The zero-order valence-electron chi connectivity index (χ0n) is 12.1. The van der Waals surface area contributed by atoms with Crippen LogP contribution in [0.5, 0.6) is 0 Å². The zero-order chi connectivity index (χ0) is 14.0. The van der Waals surface area contributed by atoms with Crippen molar-refractivity contribution in [2.45, 2.75) is 45.6 Å². The summed E-state index contributed by atoms with van der Waals surface area (Å²) in [6.45, 7) is 4.12. The van der Waals surface area contributed by atoms with Crippen molar-refractivity contribution in [1.82, 2.24) is 0 Å². The Labute approximate surface area is 115 Å². The monoisotopic (exact) mass is 260 g/mol. The maximum Gasteiger partial charge on any atom is 0.229 e. The van der Waals surface area contributed by atoms with Crippen molar-refractivity contribution in [3.8, 4) is 0 Å². The van der Waals surface area contributed by atoms with E-state index in [4.69, 9.17) is 5.73 Å². The normalized spacial score (nSPS) is 23.2. The number of aryl methyl sites for hydroxylation is 2. The van der Waals surface area contributed by atoms with E-state index in [9.17, 15) is 4.79 Å². The first-order chi connectivity index (χ1) is 8.99. The second kappa shape index (κ2) is 5.74. The Balaban J connectivity index is 2.14. The molecule has 1 saturated carbocycles. The molecule has 2 atom stereocenters. The number of amides is 1. The molecule has 1 aromatic rings. The third kappa shape index (κ3) is 3.16. The molecule has 2 rings (SSSR count). The summed E-state index contributed by atoms with van der Waals surface area (Å²) in [5.41, 5.74) is 9.36. The van der Waals surface area contributed by atoms with E-state index in [0.717, 1.165) is 36.9 Å². The molecule has 0 heterocycles. The van der Waals surface area contributed by atoms with Crippen molar-refractivity contribution < 1.29 is 4.79 Å². The molecule has 0 spiro atoms. The number of nitrogens with zero attached hydrogens (tertiary/aromatic N) is 1. The minimum atomic E-state index is 0.0921. The summed E-state index contributed by atoms with van der Waals surface area (Å²) >= 11 is 0. The second-order valence-electron chi connectivity index (χ2n) is 5.81. The summed E-state index contributed by atoms with van der Waals surface area (Å²) in [6.07, 6.45) is 3.92. The molecular formula is C16H24N2O. The number of carbonyl (C=O) groups excluding carboxylic acids is 1. The van der Waals surface area contributed by atoms with Gasteiger partial charge in [-0.2, -0.15) is 0 Å². The molecule has 1 amide bonds. The van der Waals surface area contributed by atoms with E-state index in [1.165, 1.54) is 5.56 Å². The minimum Gasteiger partial charge on any atom is -0.328 e. The lowest BCUT2D eigenvalue weighted by Crippen LogP contribution is -2.39. The molecule has 1 fully saturated rings. The van der Waals surface area contributed by atoms with E-state index < -0.39 is 0 Å². The lowest BCUT2D eigenvalue weighted by Gasteiger charge is -2.30. The molecule has 0 bridgehead atoms. The average Bonchev–Trinajstić information content (AvgIpc) is 2.37. The largest absolute Gasteiger partial charge is 0.328 e. The smallest absolute Gasteiger partial charge is 0.229 e. The first-order valence-electron chi connectivity index (χ1n) is 7.09. The standard InChI is InChI=1S/C16H24N2O/c1-11-7-8-15(12(2)9-11)18(3)16(19)13-5-4-6-14(17)10-13/h7-9,13-14H,4-6,10,17H2,1-3H3. The highest BCUT2D eigenvalue weighted by Gasteiger charge is 2.28. The number of carbonyl (C=O) groups is 1. The molecule has 3 heteroatoms. The van der Waals surface area contributed by atoms with Crippen LogP contribution in [0.3, 0.4) is 0 Å². The summed E-state index contributed by atoms with van der Waals surface area (Å²) in [6, 6.07) is 6.39. The van der Waals surface area contributed by atoms with Gasteiger partial charge in [0, 0.05) is 24.7 Å². The summed E-state index contributed by atoms with van der Waals surface area (Å²) in [4.78, 5) is 14.4. The Bertz CT molecular complexity index is 470. The molecule has 1 aliphatic carbocycles. The molecule has 0 aliphatic heterocycles. The molecule has 3 nitrogen and oxygen atoms in total. The van der Waals surface area contributed by atoms with Gasteiger partial charge in [-0.25, -0.2) is 0 Å². The highest BCUT2D eigenvalue weighted by molar-refractivity contribution is 5.95. The van der Waals surface area contributed by atoms with Crippen molar-refractivity contribution >= 4 is 11.6 Å². The molecule has 0 aromatic heterocycles. The van der Waals surface area contributed by atoms with Crippen LogP contribution in [0.2, 0.25) is 0 Å². The number of nitrogens with two attached hydrogens (primary N) is 1. The Hall–Kier alpha value is -1.35. The van der Waals surface area contributed by atoms with Crippen LogP contribution in [-0.4, -0.2) is 19.0 Å². The topological polar surface area (TPSA) is 46.3 Å². The number of hydrogen-bond donors (Lipinski definition) is 1. The molecule has 104 valence electrons. The van der Waals surface area contributed by atoms with Crippen LogP contribution in [0.4, 0.5) is 5.69 Å². The molecule has 2 unspecified atom stereocenters. The van der Waals surface area contributed by atoms with Gasteiger partial charge in [0.15, 0.2) is 0 Å². The maximum absolute atomic E-state index is 12.6. The van der Waals surface area contributed by atoms with E-state index in [1.54, 1.807) is 4.90 Å². The van der Waals surface area contributed by atoms with Gasteiger partial charge in [-0.15, -0.1) is 0 Å². The summed E-state index contributed by atoms with van der Waals surface area (Å²) in [7, 11) is 1.88. The fourth-order valence-electron chi connectivity index (χ4n) is 3.03. The SMILES string of the molecule is Cc1ccc(N(C)C(=O)C2CCCC(N)C2)c(C)c1. The molecule has 2 N–H and O–H groups in total. The zero-order valence-corrected chi connectivity index (χ0v) is 12.1. The van der Waals surface area contributed by atoms with Crippen LogP contribution in [0.25, 0.3) is 0 Å². The number of hydrogen-bond acceptors (Lipinski definition) is 2.